The predicted octanol–water partition coefficient (Wildman–Crippen LogP) is 3.70. The summed E-state index contributed by atoms with van der Waals surface area (Å²) >= 11 is 0. The second-order valence-corrected chi connectivity index (χ2v) is 6.83. The van der Waals surface area contributed by atoms with Crippen LogP contribution in [-0.4, -0.2) is 23.3 Å². The van der Waals surface area contributed by atoms with E-state index in [-0.39, 0.29) is 5.41 Å². The van der Waals surface area contributed by atoms with Crippen molar-refractivity contribution in [3.05, 3.63) is 48.8 Å². The molecular weight excluding hydrogens is 260 g/mol. The summed E-state index contributed by atoms with van der Waals surface area (Å²) in [7, 11) is 0. The number of nitrogens with zero attached hydrogens (tertiary/aromatic N) is 1. The average Bonchev–Trinajstić information content (AvgIpc) is 3.15. The summed E-state index contributed by atoms with van der Waals surface area (Å²) in [6.45, 7) is 5.54. The summed E-state index contributed by atoms with van der Waals surface area (Å²) in [6, 6.07) is 13.2. The third-order valence-electron chi connectivity index (χ3n) is 5.17. The third kappa shape index (κ3) is 1.99. The molecule has 1 N–H and O–H groups in total. The topological polar surface area (TPSA) is 26.2 Å². The lowest BCUT2D eigenvalue weighted by Gasteiger charge is -2.55. The fourth-order valence-corrected chi connectivity index (χ4v) is 4.06. The molecule has 4 rings (SSSR count). The molecule has 1 aromatic carbocycles. The van der Waals surface area contributed by atoms with Gasteiger partial charge in [-0.05, 0) is 36.8 Å². The zero-order valence-corrected chi connectivity index (χ0v) is 12.6. The number of hydrogen-bond acceptors (Lipinski definition) is 2. The van der Waals surface area contributed by atoms with Gasteiger partial charge >= 0.3 is 0 Å². The molecule has 3 heteroatoms. The van der Waals surface area contributed by atoms with Crippen molar-refractivity contribution in [2.45, 2.75) is 32.4 Å². The van der Waals surface area contributed by atoms with Crippen LogP contribution in [0.5, 0.6) is 0 Å². The normalized spacial score (nSPS) is 29.7. The molecule has 2 fully saturated rings. The monoisotopic (exact) mass is 282 g/mol. The number of nitrogens with one attached hydrogen (secondary N) is 1. The Kier molecular flexibility index (Phi) is 2.86. The van der Waals surface area contributed by atoms with E-state index in [2.05, 4.69) is 72.5 Å². The number of anilines is 1. The summed E-state index contributed by atoms with van der Waals surface area (Å²) in [5, 5.41) is 3.75. The second kappa shape index (κ2) is 4.63. The van der Waals surface area contributed by atoms with Gasteiger partial charge in [-0.15, -0.1) is 0 Å². The highest BCUT2D eigenvalue weighted by Crippen LogP contribution is 2.53. The van der Waals surface area contributed by atoms with Crippen LogP contribution in [-0.2, 0) is 4.74 Å². The van der Waals surface area contributed by atoms with Crippen molar-refractivity contribution in [1.82, 2.24) is 4.57 Å². The van der Waals surface area contributed by atoms with Crippen LogP contribution in [0.3, 0.4) is 0 Å². The highest BCUT2D eigenvalue weighted by atomic mass is 16.5. The summed E-state index contributed by atoms with van der Waals surface area (Å²) in [6.07, 6.45) is 5.77. The van der Waals surface area contributed by atoms with Crippen LogP contribution >= 0.6 is 0 Å². The third-order valence-corrected chi connectivity index (χ3v) is 5.17. The standard InChI is InChI=1S/C18H22N2O/c1-18(2)16(15-8-11-21-17(15)18)19-13-6-5-7-14(12-13)20-9-3-4-10-20/h3-7,9-10,12,15-17,19H,8,11H2,1-2H3. The summed E-state index contributed by atoms with van der Waals surface area (Å²) in [4.78, 5) is 0. The summed E-state index contributed by atoms with van der Waals surface area (Å²) in [5.74, 6) is 0.662. The minimum Gasteiger partial charge on any atom is -0.381 e. The van der Waals surface area contributed by atoms with Crippen molar-refractivity contribution in [3.8, 4) is 5.69 Å². The van der Waals surface area contributed by atoms with E-state index >= 15 is 0 Å². The Hall–Kier alpha value is -1.74. The molecule has 3 unspecified atom stereocenters. The number of aromatic nitrogens is 1. The molecule has 1 aliphatic carbocycles. The van der Waals surface area contributed by atoms with Gasteiger partial charge in [-0.1, -0.05) is 19.9 Å². The van der Waals surface area contributed by atoms with Crippen molar-refractivity contribution in [3.63, 3.8) is 0 Å². The van der Waals surface area contributed by atoms with Gasteiger partial charge in [0.15, 0.2) is 0 Å². The molecule has 0 bridgehead atoms. The molecule has 1 aromatic heterocycles. The van der Waals surface area contributed by atoms with E-state index in [1.54, 1.807) is 0 Å². The Balaban J connectivity index is 1.56. The van der Waals surface area contributed by atoms with Crippen LogP contribution in [0, 0.1) is 11.3 Å². The molecule has 3 nitrogen and oxygen atoms in total. The van der Waals surface area contributed by atoms with Crippen molar-refractivity contribution in [2.75, 3.05) is 11.9 Å². The maximum absolute atomic E-state index is 5.87. The van der Waals surface area contributed by atoms with Crippen LogP contribution in [0.15, 0.2) is 48.8 Å². The Morgan fingerprint density at radius 1 is 1.19 bits per heavy atom. The molecule has 1 saturated carbocycles. The molecule has 110 valence electrons. The van der Waals surface area contributed by atoms with Gasteiger partial charge in [0, 0.05) is 47.8 Å². The Bertz CT molecular complexity index is 632. The number of ether oxygens (including phenoxy) is 1. The van der Waals surface area contributed by atoms with Gasteiger partial charge < -0.3 is 14.6 Å². The van der Waals surface area contributed by atoms with E-state index in [0.717, 1.165) is 6.61 Å². The van der Waals surface area contributed by atoms with Crippen molar-refractivity contribution in [2.24, 2.45) is 11.3 Å². The van der Waals surface area contributed by atoms with Gasteiger partial charge in [0.25, 0.3) is 0 Å². The van der Waals surface area contributed by atoms with Crippen molar-refractivity contribution < 1.29 is 4.74 Å². The first kappa shape index (κ1) is 13.0. The molecule has 0 radical (unpaired) electrons. The molecule has 1 aliphatic heterocycles. The van der Waals surface area contributed by atoms with Crippen LogP contribution in [0.2, 0.25) is 0 Å². The van der Waals surface area contributed by atoms with Crippen LogP contribution in [0.1, 0.15) is 20.3 Å². The zero-order valence-electron chi connectivity index (χ0n) is 12.6. The molecule has 0 spiro atoms. The SMILES string of the molecule is CC1(C)C(Nc2cccc(-n3cccc3)c2)C2CCOC21. The molecule has 2 heterocycles. The summed E-state index contributed by atoms with van der Waals surface area (Å²) in [5.41, 5.74) is 2.61. The van der Waals surface area contributed by atoms with Gasteiger partial charge in [0.1, 0.15) is 0 Å². The first-order valence-corrected chi connectivity index (χ1v) is 7.78. The second-order valence-electron chi connectivity index (χ2n) is 6.83. The molecule has 2 aliphatic rings. The lowest BCUT2D eigenvalue weighted by molar-refractivity contribution is -0.0923. The quantitative estimate of drug-likeness (QED) is 0.929. The highest BCUT2D eigenvalue weighted by Gasteiger charge is 2.59. The molecular formula is C18H22N2O. The minimum atomic E-state index is 0.213. The van der Waals surface area contributed by atoms with E-state index < -0.39 is 0 Å². The number of fused-ring (bicyclic) bond motifs is 1. The first-order valence-electron chi connectivity index (χ1n) is 7.78. The fourth-order valence-electron chi connectivity index (χ4n) is 4.06. The molecule has 3 atom stereocenters. The maximum atomic E-state index is 5.87. The van der Waals surface area contributed by atoms with Gasteiger partial charge in [0.2, 0.25) is 0 Å². The Morgan fingerprint density at radius 3 is 2.81 bits per heavy atom. The molecule has 0 amide bonds. The number of hydrogen-bond donors (Lipinski definition) is 1. The van der Waals surface area contributed by atoms with Crippen molar-refractivity contribution in [1.29, 1.82) is 0 Å². The van der Waals surface area contributed by atoms with Gasteiger partial charge in [-0.2, -0.15) is 0 Å². The predicted molar refractivity (Wildman–Crippen MR) is 84.8 cm³/mol. The molecule has 21 heavy (non-hydrogen) atoms. The zero-order chi connectivity index (χ0) is 14.4. The van der Waals surface area contributed by atoms with Gasteiger partial charge in [-0.3, -0.25) is 0 Å². The molecule has 2 aromatic rings. The first-order chi connectivity index (χ1) is 10.2. The Labute approximate surface area is 125 Å². The number of rotatable bonds is 3. The minimum absolute atomic E-state index is 0.213. The van der Waals surface area contributed by atoms with Crippen LogP contribution in [0.25, 0.3) is 5.69 Å². The average molecular weight is 282 g/mol. The smallest absolute Gasteiger partial charge is 0.0694 e. The van der Waals surface area contributed by atoms with Crippen LogP contribution in [0.4, 0.5) is 5.69 Å². The van der Waals surface area contributed by atoms with Gasteiger partial charge in [-0.25, -0.2) is 0 Å². The van der Waals surface area contributed by atoms with Crippen molar-refractivity contribution >= 4 is 5.69 Å². The van der Waals surface area contributed by atoms with E-state index in [1.807, 2.05) is 0 Å². The van der Waals surface area contributed by atoms with E-state index in [0.29, 0.717) is 18.1 Å². The van der Waals surface area contributed by atoms with Crippen LogP contribution < -0.4 is 5.32 Å². The maximum Gasteiger partial charge on any atom is 0.0694 e. The highest BCUT2D eigenvalue weighted by molar-refractivity contribution is 5.53. The fraction of sp³-hybridized carbons (Fsp3) is 0.444. The summed E-state index contributed by atoms with van der Waals surface area (Å²) < 4.78 is 8.01. The Morgan fingerprint density at radius 2 is 2.00 bits per heavy atom. The largest absolute Gasteiger partial charge is 0.381 e. The lowest BCUT2D eigenvalue weighted by Crippen LogP contribution is -2.63. The van der Waals surface area contributed by atoms with E-state index in [1.165, 1.54) is 17.8 Å². The lowest BCUT2D eigenvalue weighted by atomic mass is 9.57. The van der Waals surface area contributed by atoms with E-state index in [9.17, 15) is 0 Å². The van der Waals surface area contributed by atoms with E-state index in [4.69, 9.17) is 4.74 Å². The molecule has 1 saturated heterocycles. The number of benzene rings is 1. The van der Waals surface area contributed by atoms with Gasteiger partial charge in [0.05, 0.1) is 6.10 Å².